The van der Waals surface area contributed by atoms with Crippen molar-refractivity contribution in [3.63, 3.8) is 0 Å². The molecule has 4 atom stereocenters. The van der Waals surface area contributed by atoms with Crippen LogP contribution in [-0.4, -0.2) is 60.2 Å². The third-order valence-corrected chi connectivity index (χ3v) is 6.32. The van der Waals surface area contributed by atoms with Gasteiger partial charge in [0.05, 0.1) is 22.5 Å². The first-order chi connectivity index (χ1) is 14.2. The van der Waals surface area contributed by atoms with Gasteiger partial charge in [-0.05, 0) is 36.8 Å². The van der Waals surface area contributed by atoms with E-state index in [9.17, 15) is 9.90 Å². The molecule has 2 aliphatic heterocycles. The minimum absolute atomic E-state index is 0.122. The van der Waals surface area contributed by atoms with Crippen LogP contribution in [0.5, 0.6) is 0 Å². The zero-order chi connectivity index (χ0) is 20.1. The number of nitrogens with zero attached hydrogens (tertiary/aromatic N) is 1. The van der Waals surface area contributed by atoms with E-state index in [0.717, 1.165) is 41.9 Å². The quantitative estimate of drug-likeness (QED) is 0.640. The number of β-amino-alcohol motifs (C(OH)–C–C–N with tert-alkyl or cyclic N) is 1. The Morgan fingerprint density at radius 2 is 2.24 bits per heavy atom. The number of nitrogens with one attached hydrogen (secondary N) is 2. The van der Waals surface area contributed by atoms with Crippen LogP contribution in [0.25, 0.3) is 10.4 Å². The molecule has 3 heterocycles. The average molecular weight is 418 g/mol. The number of aromatic nitrogens is 1. The van der Waals surface area contributed by atoms with E-state index in [1.54, 1.807) is 11.3 Å². The Kier molecular flexibility index (Phi) is 6.76. The van der Waals surface area contributed by atoms with Crippen molar-refractivity contribution >= 4 is 17.4 Å². The third kappa shape index (κ3) is 5.33. The summed E-state index contributed by atoms with van der Waals surface area (Å²) in [7, 11) is 0. The third-order valence-electron chi connectivity index (χ3n) is 5.49. The number of aliphatic hydroxyl groups excluding tert-OH is 1. The van der Waals surface area contributed by atoms with Gasteiger partial charge < -0.3 is 25.2 Å². The number of thiazole rings is 1. The second kappa shape index (κ2) is 9.67. The van der Waals surface area contributed by atoms with Crippen molar-refractivity contribution in [1.82, 2.24) is 15.6 Å². The molecule has 29 heavy (non-hydrogen) atoms. The zero-order valence-electron chi connectivity index (χ0n) is 16.3. The lowest BCUT2D eigenvalue weighted by molar-refractivity contribution is 0.0184. The SMILES string of the molecule is O=C(NCC[C@H]1CCCO1)O[C@@H]1[C@@H](O)CN[C@@H]1Cc1ccc(-c2cncs2)cc1. The fourth-order valence-corrected chi connectivity index (χ4v) is 4.54. The Morgan fingerprint density at radius 3 is 2.97 bits per heavy atom. The first-order valence-electron chi connectivity index (χ1n) is 10.1. The number of benzene rings is 1. The van der Waals surface area contributed by atoms with Gasteiger partial charge in [0.1, 0.15) is 12.2 Å². The summed E-state index contributed by atoms with van der Waals surface area (Å²) in [6.45, 7) is 1.74. The molecule has 2 aliphatic rings. The molecule has 156 valence electrons. The van der Waals surface area contributed by atoms with Crippen LogP contribution in [0.1, 0.15) is 24.8 Å². The molecule has 2 fully saturated rings. The number of rotatable bonds is 7. The number of carbonyl (C=O) groups excluding carboxylic acids is 1. The predicted molar refractivity (Wildman–Crippen MR) is 111 cm³/mol. The molecular weight excluding hydrogens is 390 g/mol. The Labute approximate surface area is 174 Å². The van der Waals surface area contributed by atoms with Crippen molar-refractivity contribution < 1.29 is 19.4 Å². The molecule has 1 amide bonds. The minimum atomic E-state index is -0.708. The molecule has 0 radical (unpaired) electrons. The highest BCUT2D eigenvalue weighted by molar-refractivity contribution is 7.13. The van der Waals surface area contributed by atoms with Gasteiger partial charge in [-0.1, -0.05) is 24.3 Å². The maximum absolute atomic E-state index is 12.2. The largest absolute Gasteiger partial charge is 0.442 e. The number of hydrogen-bond donors (Lipinski definition) is 3. The molecule has 1 aromatic carbocycles. The Bertz CT molecular complexity index is 778. The summed E-state index contributed by atoms with van der Waals surface area (Å²) in [6, 6.07) is 8.16. The van der Waals surface area contributed by atoms with E-state index in [1.807, 2.05) is 11.7 Å². The number of ether oxygens (including phenoxy) is 2. The molecule has 0 bridgehead atoms. The highest BCUT2D eigenvalue weighted by Gasteiger charge is 2.37. The normalized spacial score (nSPS) is 26.5. The van der Waals surface area contributed by atoms with E-state index >= 15 is 0 Å². The van der Waals surface area contributed by atoms with Crippen LogP contribution in [0.2, 0.25) is 0 Å². The second-order valence-electron chi connectivity index (χ2n) is 7.57. The van der Waals surface area contributed by atoms with Gasteiger partial charge >= 0.3 is 6.09 Å². The van der Waals surface area contributed by atoms with Crippen LogP contribution in [-0.2, 0) is 15.9 Å². The molecule has 0 aliphatic carbocycles. The van der Waals surface area contributed by atoms with Crippen LogP contribution in [0.15, 0.2) is 36.0 Å². The number of aliphatic hydroxyl groups is 1. The van der Waals surface area contributed by atoms with Gasteiger partial charge in [0.15, 0.2) is 0 Å². The summed E-state index contributed by atoms with van der Waals surface area (Å²) in [5.74, 6) is 0. The molecule has 7 nitrogen and oxygen atoms in total. The Balaban J connectivity index is 1.28. The lowest BCUT2D eigenvalue weighted by atomic mass is 10.0. The molecule has 0 saturated carbocycles. The second-order valence-corrected chi connectivity index (χ2v) is 8.46. The summed E-state index contributed by atoms with van der Waals surface area (Å²) >= 11 is 1.61. The van der Waals surface area contributed by atoms with Crippen molar-refractivity contribution in [2.75, 3.05) is 19.7 Å². The molecule has 8 heteroatoms. The standard InChI is InChI=1S/C21H27N3O4S/c25-18-11-24-17(10-14-3-5-15(6-4-14)19-12-22-13-29-19)20(18)28-21(26)23-8-7-16-2-1-9-27-16/h3-6,12-13,16-18,20,24-25H,1-2,7-11H2,(H,23,26)/t16-,17-,18+,20+/m1/s1. The van der Waals surface area contributed by atoms with Gasteiger partial charge in [0, 0.05) is 25.9 Å². The highest BCUT2D eigenvalue weighted by atomic mass is 32.1. The molecule has 3 N–H and O–H groups in total. The van der Waals surface area contributed by atoms with E-state index in [1.165, 1.54) is 0 Å². The van der Waals surface area contributed by atoms with Gasteiger partial charge in [-0.25, -0.2) is 4.79 Å². The topological polar surface area (TPSA) is 92.7 Å². The Morgan fingerprint density at radius 1 is 1.38 bits per heavy atom. The van der Waals surface area contributed by atoms with Crippen molar-refractivity contribution in [2.45, 2.75) is 50.0 Å². The molecule has 0 unspecified atom stereocenters. The molecule has 0 spiro atoms. The molecule has 2 aromatic rings. The van der Waals surface area contributed by atoms with E-state index < -0.39 is 18.3 Å². The van der Waals surface area contributed by atoms with Gasteiger partial charge in [0.25, 0.3) is 0 Å². The Hall–Kier alpha value is -2.00. The van der Waals surface area contributed by atoms with E-state index in [4.69, 9.17) is 9.47 Å². The predicted octanol–water partition coefficient (Wildman–Crippen LogP) is 2.35. The van der Waals surface area contributed by atoms with Crippen LogP contribution < -0.4 is 10.6 Å². The molecule has 4 rings (SSSR count). The fraction of sp³-hybridized carbons (Fsp3) is 0.524. The summed E-state index contributed by atoms with van der Waals surface area (Å²) in [5, 5.41) is 16.3. The number of hydrogen-bond acceptors (Lipinski definition) is 7. The summed E-state index contributed by atoms with van der Waals surface area (Å²) in [5.41, 5.74) is 4.08. The molecular formula is C21H27N3O4S. The zero-order valence-corrected chi connectivity index (χ0v) is 17.1. The highest BCUT2D eigenvalue weighted by Crippen LogP contribution is 2.24. The van der Waals surface area contributed by atoms with Crippen molar-refractivity contribution in [2.24, 2.45) is 0 Å². The van der Waals surface area contributed by atoms with Crippen molar-refractivity contribution in [3.8, 4) is 10.4 Å². The minimum Gasteiger partial charge on any atom is -0.442 e. The van der Waals surface area contributed by atoms with Crippen LogP contribution >= 0.6 is 11.3 Å². The lowest BCUT2D eigenvalue weighted by Gasteiger charge is -2.22. The smallest absolute Gasteiger partial charge is 0.407 e. The number of amides is 1. The summed E-state index contributed by atoms with van der Waals surface area (Å²) in [4.78, 5) is 17.4. The van der Waals surface area contributed by atoms with Crippen LogP contribution in [0, 0.1) is 0 Å². The number of alkyl carbamates (subject to hydrolysis) is 1. The maximum atomic E-state index is 12.2. The maximum Gasteiger partial charge on any atom is 0.407 e. The molecule has 2 saturated heterocycles. The van der Waals surface area contributed by atoms with Crippen molar-refractivity contribution in [1.29, 1.82) is 0 Å². The van der Waals surface area contributed by atoms with Gasteiger partial charge in [-0.3, -0.25) is 4.98 Å². The summed E-state index contributed by atoms with van der Waals surface area (Å²) in [6.07, 6.45) is 3.92. The number of carbonyl (C=O) groups is 1. The first-order valence-corrected chi connectivity index (χ1v) is 11.0. The average Bonchev–Trinajstić information content (AvgIpc) is 3.48. The van der Waals surface area contributed by atoms with E-state index in [0.29, 0.717) is 19.5 Å². The van der Waals surface area contributed by atoms with E-state index in [-0.39, 0.29) is 12.1 Å². The van der Waals surface area contributed by atoms with Crippen molar-refractivity contribution in [3.05, 3.63) is 41.5 Å². The van der Waals surface area contributed by atoms with Crippen LogP contribution in [0.3, 0.4) is 0 Å². The van der Waals surface area contributed by atoms with Crippen LogP contribution in [0.4, 0.5) is 4.79 Å². The monoisotopic (exact) mass is 417 g/mol. The lowest BCUT2D eigenvalue weighted by Crippen LogP contribution is -2.41. The molecule has 1 aromatic heterocycles. The van der Waals surface area contributed by atoms with E-state index in [2.05, 4.69) is 39.9 Å². The van der Waals surface area contributed by atoms with Gasteiger partial charge in [-0.2, -0.15) is 0 Å². The fourth-order valence-electron chi connectivity index (χ4n) is 3.91. The first kappa shape index (κ1) is 20.3. The van der Waals surface area contributed by atoms with Gasteiger partial charge in [0.2, 0.25) is 0 Å². The summed E-state index contributed by atoms with van der Waals surface area (Å²) < 4.78 is 11.1. The van der Waals surface area contributed by atoms with Gasteiger partial charge in [-0.15, -0.1) is 11.3 Å².